The highest BCUT2D eigenvalue weighted by molar-refractivity contribution is 7.15. The van der Waals surface area contributed by atoms with E-state index in [1.54, 1.807) is 12.3 Å². The number of hydrogen-bond acceptors (Lipinski definition) is 4. The Bertz CT molecular complexity index is 555. The number of fused-ring (bicyclic) bond motifs is 1. The molecule has 2 heterocycles. The van der Waals surface area contributed by atoms with Crippen LogP contribution in [0.4, 0.5) is 4.39 Å². The Morgan fingerprint density at radius 1 is 1.47 bits per heavy atom. The maximum Gasteiger partial charge on any atom is 0.151 e. The number of nitrogens with zero attached hydrogens (tertiary/aromatic N) is 2. The minimum absolute atomic E-state index is 0.368. The monoisotopic (exact) mass is 250 g/mol. The first-order chi connectivity index (χ1) is 8.25. The molecule has 17 heavy (non-hydrogen) atoms. The van der Waals surface area contributed by atoms with E-state index in [1.807, 2.05) is 0 Å². The molecular weight excluding hydrogens is 239 g/mol. The first kappa shape index (κ1) is 10.8. The predicted octanol–water partition coefficient (Wildman–Crippen LogP) is 2.71. The summed E-state index contributed by atoms with van der Waals surface area (Å²) in [5, 5.41) is 10.5. The molecule has 1 N–H and O–H groups in total. The average molecular weight is 250 g/mol. The highest BCUT2D eigenvalue weighted by atomic mass is 32.1. The van der Waals surface area contributed by atoms with Crippen molar-refractivity contribution in [2.45, 2.75) is 25.4 Å². The zero-order valence-corrected chi connectivity index (χ0v) is 9.88. The zero-order valence-electron chi connectivity index (χ0n) is 9.06. The molecule has 0 amide bonds. The topological polar surface area (TPSA) is 46.0 Å². The summed E-state index contributed by atoms with van der Waals surface area (Å²) < 4.78 is 13.6. The second-order valence-corrected chi connectivity index (χ2v) is 5.17. The van der Waals surface area contributed by atoms with E-state index >= 15 is 0 Å². The number of thiazole rings is 1. The van der Waals surface area contributed by atoms with E-state index in [1.165, 1.54) is 17.5 Å². The van der Waals surface area contributed by atoms with Crippen LogP contribution in [0.15, 0.2) is 18.5 Å². The maximum absolute atomic E-state index is 13.6. The van der Waals surface area contributed by atoms with Crippen LogP contribution in [0.25, 0.3) is 10.6 Å². The van der Waals surface area contributed by atoms with Crippen molar-refractivity contribution < 1.29 is 9.50 Å². The first-order valence-corrected chi connectivity index (χ1v) is 6.35. The fraction of sp³-hybridized carbons (Fsp3) is 0.333. The third-order valence-electron chi connectivity index (χ3n) is 2.93. The number of pyridine rings is 1. The van der Waals surface area contributed by atoms with Gasteiger partial charge >= 0.3 is 0 Å². The van der Waals surface area contributed by atoms with Crippen LogP contribution in [0.1, 0.15) is 29.5 Å². The lowest BCUT2D eigenvalue weighted by Crippen LogP contribution is -2.07. The van der Waals surface area contributed by atoms with Crippen molar-refractivity contribution in [3.63, 3.8) is 0 Å². The van der Waals surface area contributed by atoms with Crippen LogP contribution >= 0.6 is 11.3 Å². The minimum atomic E-state index is -0.492. The zero-order chi connectivity index (χ0) is 11.8. The van der Waals surface area contributed by atoms with Gasteiger partial charge in [0.1, 0.15) is 5.01 Å². The van der Waals surface area contributed by atoms with E-state index in [9.17, 15) is 9.50 Å². The summed E-state index contributed by atoms with van der Waals surface area (Å²) in [7, 11) is 0. The fourth-order valence-electron chi connectivity index (χ4n) is 2.06. The maximum atomic E-state index is 13.6. The molecule has 0 bridgehead atoms. The molecule has 0 radical (unpaired) electrons. The SMILES string of the molecule is OC1CCCc2sc(-c3ccncc3F)nc21. The van der Waals surface area contributed by atoms with Crippen molar-refractivity contribution in [1.82, 2.24) is 9.97 Å². The molecule has 0 saturated carbocycles. The standard InChI is InChI=1S/C12H11FN2OS/c13-8-6-14-5-4-7(8)12-15-11-9(16)2-1-3-10(11)17-12/h4-6,9,16H,1-3H2. The van der Waals surface area contributed by atoms with Crippen molar-refractivity contribution in [3.05, 3.63) is 34.8 Å². The van der Waals surface area contributed by atoms with Crippen LogP contribution in [0, 0.1) is 5.82 Å². The van der Waals surface area contributed by atoms with Gasteiger partial charge in [-0.05, 0) is 25.3 Å². The van der Waals surface area contributed by atoms with Crippen LogP contribution in [0.2, 0.25) is 0 Å². The van der Waals surface area contributed by atoms with Gasteiger partial charge in [0.2, 0.25) is 0 Å². The van der Waals surface area contributed by atoms with Gasteiger partial charge in [-0.25, -0.2) is 9.37 Å². The van der Waals surface area contributed by atoms with Gasteiger partial charge in [0.05, 0.1) is 18.0 Å². The van der Waals surface area contributed by atoms with Gasteiger partial charge in [0.25, 0.3) is 0 Å². The van der Waals surface area contributed by atoms with E-state index in [2.05, 4.69) is 9.97 Å². The number of rotatable bonds is 1. The summed E-state index contributed by atoms with van der Waals surface area (Å²) in [5.74, 6) is -0.368. The molecule has 1 aliphatic rings. The first-order valence-electron chi connectivity index (χ1n) is 5.53. The molecule has 2 aromatic rings. The average Bonchev–Trinajstić information content (AvgIpc) is 2.75. The van der Waals surface area contributed by atoms with Crippen LogP contribution < -0.4 is 0 Å². The molecule has 1 atom stereocenters. The molecular formula is C12H11FN2OS. The van der Waals surface area contributed by atoms with Crippen molar-refractivity contribution in [1.29, 1.82) is 0 Å². The van der Waals surface area contributed by atoms with E-state index in [0.717, 1.165) is 29.8 Å². The molecule has 3 nitrogen and oxygen atoms in total. The Hall–Kier alpha value is -1.33. The summed E-state index contributed by atoms with van der Waals surface area (Å²) in [4.78, 5) is 9.16. The minimum Gasteiger partial charge on any atom is -0.387 e. The number of hydrogen-bond donors (Lipinski definition) is 1. The van der Waals surface area contributed by atoms with Gasteiger partial charge in [-0.2, -0.15) is 0 Å². The van der Waals surface area contributed by atoms with E-state index in [0.29, 0.717) is 10.6 Å². The van der Waals surface area contributed by atoms with Crippen molar-refractivity contribution in [2.75, 3.05) is 0 Å². The van der Waals surface area contributed by atoms with Crippen LogP contribution in [0.3, 0.4) is 0 Å². The van der Waals surface area contributed by atoms with E-state index in [-0.39, 0.29) is 5.82 Å². The summed E-state index contributed by atoms with van der Waals surface area (Å²) in [5.41, 5.74) is 1.19. The highest BCUT2D eigenvalue weighted by Crippen LogP contribution is 2.37. The highest BCUT2D eigenvalue weighted by Gasteiger charge is 2.23. The lowest BCUT2D eigenvalue weighted by atomic mass is 10.0. The van der Waals surface area contributed by atoms with Gasteiger partial charge < -0.3 is 5.11 Å². The normalized spacial score (nSPS) is 19.1. The summed E-state index contributed by atoms with van der Waals surface area (Å²) >= 11 is 1.47. The van der Waals surface area contributed by atoms with Gasteiger partial charge in [-0.15, -0.1) is 11.3 Å². The Morgan fingerprint density at radius 3 is 3.12 bits per heavy atom. The molecule has 5 heteroatoms. The number of aryl methyl sites for hydroxylation is 1. The number of aliphatic hydroxyl groups is 1. The molecule has 3 rings (SSSR count). The summed E-state index contributed by atoms with van der Waals surface area (Å²) in [6.45, 7) is 0. The Balaban J connectivity index is 2.08. The predicted molar refractivity (Wildman–Crippen MR) is 63.2 cm³/mol. The van der Waals surface area contributed by atoms with Crippen LogP contribution in [0.5, 0.6) is 0 Å². The second-order valence-electron chi connectivity index (χ2n) is 4.09. The Labute approximate surface area is 102 Å². The number of halogens is 1. The van der Waals surface area contributed by atoms with Crippen molar-refractivity contribution in [3.8, 4) is 10.6 Å². The molecule has 1 aliphatic carbocycles. The number of aliphatic hydroxyl groups excluding tert-OH is 1. The van der Waals surface area contributed by atoms with Gasteiger partial charge in [0.15, 0.2) is 5.82 Å². The third kappa shape index (κ3) is 1.85. The third-order valence-corrected chi connectivity index (χ3v) is 4.09. The molecule has 88 valence electrons. The molecule has 1 unspecified atom stereocenters. The quantitative estimate of drug-likeness (QED) is 0.846. The van der Waals surface area contributed by atoms with Gasteiger partial charge in [-0.1, -0.05) is 0 Å². The van der Waals surface area contributed by atoms with Gasteiger partial charge in [-0.3, -0.25) is 4.98 Å². The van der Waals surface area contributed by atoms with E-state index < -0.39 is 6.10 Å². The molecule has 2 aromatic heterocycles. The summed E-state index contributed by atoms with van der Waals surface area (Å²) in [6.07, 6.45) is 4.88. The summed E-state index contributed by atoms with van der Waals surface area (Å²) in [6, 6.07) is 1.62. The lowest BCUT2D eigenvalue weighted by Gasteiger charge is -2.14. The fourth-order valence-corrected chi connectivity index (χ4v) is 3.25. The molecule has 0 aliphatic heterocycles. The molecule has 0 fully saturated rings. The van der Waals surface area contributed by atoms with Gasteiger partial charge in [0, 0.05) is 16.6 Å². The number of aromatic nitrogens is 2. The van der Waals surface area contributed by atoms with Crippen LogP contribution in [-0.2, 0) is 6.42 Å². The van der Waals surface area contributed by atoms with Crippen molar-refractivity contribution >= 4 is 11.3 Å². The Morgan fingerprint density at radius 2 is 2.35 bits per heavy atom. The van der Waals surface area contributed by atoms with Crippen molar-refractivity contribution in [2.24, 2.45) is 0 Å². The van der Waals surface area contributed by atoms with Crippen LogP contribution in [-0.4, -0.2) is 15.1 Å². The Kier molecular flexibility index (Phi) is 2.64. The molecule has 0 saturated heterocycles. The second kappa shape index (κ2) is 4.16. The molecule has 0 aromatic carbocycles. The smallest absolute Gasteiger partial charge is 0.151 e. The largest absolute Gasteiger partial charge is 0.387 e. The lowest BCUT2D eigenvalue weighted by molar-refractivity contribution is 0.153. The van der Waals surface area contributed by atoms with E-state index in [4.69, 9.17) is 0 Å². The molecule has 0 spiro atoms.